The topological polar surface area (TPSA) is 80.6 Å². The minimum absolute atomic E-state index is 0.0780. The van der Waals surface area contributed by atoms with E-state index in [-0.39, 0.29) is 13.2 Å². The van der Waals surface area contributed by atoms with Crippen LogP contribution in [0.2, 0.25) is 0 Å². The summed E-state index contributed by atoms with van der Waals surface area (Å²) in [5.41, 5.74) is 2.79. The van der Waals surface area contributed by atoms with Crippen LogP contribution < -0.4 is 14.4 Å². The van der Waals surface area contributed by atoms with Gasteiger partial charge in [0.2, 0.25) is 0 Å². The fraction of sp³-hybridized carbons (Fsp3) is 0.318. The maximum atomic E-state index is 12.7. The van der Waals surface area contributed by atoms with Gasteiger partial charge in [-0.05, 0) is 30.2 Å². The lowest BCUT2D eigenvalue weighted by molar-refractivity contribution is -0.901. The highest BCUT2D eigenvalue weighted by atomic mass is 16.5. The highest BCUT2D eigenvalue weighted by Gasteiger charge is 2.45. The van der Waals surface area contributed by atoms with E-state index in [1.54, 1.807) is 14.2 Å². The Morgan fingerprint density at radius 1 is 0.900 bits per heavy atom. The molecule has 30 heavy (non-hydrogen) atoms. The van der Waals surface area contributed by atoms with Gasteiger partial charge in [-0.1, -0.05) is 30.3 Å². The molecule has 1 heterocycles. The zero-order chi connectivity index (χ0) is 21.8. The van der Waals surface area contributed by atoms with Crippen LogP contribution in [-0.4, -0.2) is 55.6 Å². The average Bonchev–Trinajstić information content (AvgIpc) is 2.93. The van der Waals surface area contributed by atoms with Crippen LogP contribution in [0.4, 0.5) is 4.79 Å². The van der Waals surface area contributed by atoms with Gasteiger partial charge in [0.05, 0.1) is 27.8 Å². The molecule has 0 radical (unpaired) electrons. The van der Waals surface area contributed by atoms with E-state index in [9.17, 15) is 14.4 Å². The van der Waals surface area contributed by atoms with Crippen LogP contribution in [-0.2, 0) is 22.7 Å². The van der Waals surface area contributed by atoms with Gasteiger partial charge in [-0.25, -0.2) is 9.69 Å². The SMILES string of the molecule is COc1cc(C)c(C[NH+](C)CN2C(=O)C(=O)N(Cc3ccccc3)C2=O)cc1OC. The number of aryl methyl sites for hydroxylation is 1. The quantitative estimate of drug-likeness (QED) is 0.516. The van der Waals surface area contributed by atoms with Gasteiger partial charge in [0.1, 0.15) is 6.54 Å². The number of benzene rings is 2. The lowest BCUT2D eigenvalue weighted by Gasteiger charge is -2.21. The lowest BCUT2D eigenvalue weighted by Crippen LogP contribution is -3.09. The molecule has 1 saturated heterocycles. The number of hydrogen-bond acceptors (Lipinski definition) is 5. The number of carbonyl (C=O) groups is 3. The molecule has 1 N–H and O–H groups in total. The Hall–Kier alpha value is -3.39. The summed E-state index contributed by atoms with van der Waals surface area (Å²) < 4.78 is 10.7. The highest BCUT2D eigenvalue weighted by molar-refractivity contribution is 6.44. The molecule has 8 heteroatoms. The maximum Gasteiger partial charge on any atom is 0.339 e. The molecule has 2 aromatic rings. The Balaban J connectivity index is 1.70. The van der Waals surface area contributed by atoms with Gasteiger partial charge in [-0.2, -0.15) is 0 Å². The summed E-state index contributed by atoms with van der Waals surface area (Å²) >= 11 is 0. The molecule has 1 aliphatic heterocycles. The summed E-state index contributed by atoms with van der Waals surface area (Å²) in [5, 5.41) is 0. The molecule has 2 aromatic carbocycles. The second kappa shape index (κ2) is 8.96. The van der Waals surface area contributed by atoms with Gasteiger partial charge in [0.25, 0.3) is 0 Å². The number of rotatable bonds is 8. The number of imide groups is 2. The van der Waals surface area contributed by atoms with Crippen LogP contribution >= 0.6 is 0 Å². The minimum atomic E-state index is -0.793. The van der Waals surface area contributed by atoms with Crippen molar-refractivity contribution in [1.82, 2.24) is 9.80 Å². The molecular weight excluding hydrogens is 386 g/mol. The Morgan fingerprint density at radius 2 is 1.50 bits per heavy atom. The van der Waals surface area contributed by atoms with E-state index in [2.05, 4.69) is 0 Å². The molecule has 0 aromatic heterocycles. The Morgan fingerprint density at radius 3 is 2.13 bits per heavy atom. The number of carbonyl (C=O) groups excluding carboxylic acids is 3. The van der Waals surface area contributed by atoms with Crippen molar-refractivity contribution < 1.29 is 28.8 Å². The van der Waals surface area contributed by atoms with E-state index in [0.717, 1.165) is 31.4 Å². The number of nitrogens with zero attached hydrogens (tertiary/aromatic N) is 2. The number of methoxy groups -OCH3 is 2. The molecule has 0 bridgehead atoms. The molecule has 3 rings (SSSR count). The Kier molecular flexibility index (Phi) is 6.37. The predicted octanol–water partition coefficient (Wildman–Crippen LogP) is 0.975. The first-order valence-corrected chi connectivity index (χ1v) is 9.59. The lowest BCUT2D eigenvalue weighted by atomic mass is 10.1. The number of quaternary nitrogens is 1. The van der Waals surface area contributed by atoms with Gasteiger partial charge in [0, 0.05) is 5.56 Å². The van der Waals surface area contributed by atoms with Crippen LogP contribution in [0.5, 0.6) is 11.5 Å². The molecular formula is C22H26N3O5+. The van der Waals surface area contributed by atoms with E-state index in [1.807, 2.05) is 56.4 Å². The van der Waals surface area contributed by atoms with Crippen LogP contribution in [0.25, 0.3) is 0 Å². The van der Waals surface area contributed by atoms with Crippen LogP contribution in [0.3, 0.4) is 0 Å². The van der Waals surface area contributed by atoms with Crippen molar-refractivity contribution in [2.24, 2.45) is 0 Å². The molecule has 0 saturated carbocycles. The molecule has 1 atom stereocenters. The third-order valence-electron chi connectivity index (χ3n) is 5.08. The van der Waals surface area contributed by atoms with E-state index < -0.39 is 17.8 Å². The first kappa shape index (κ1) is 21.3. The number of amides is 4. The summed E-state index contributed by atoms with van der Waals surface area (Å²) in [6, 6.07) is 12.3. The molecule has 8 nitrogen and oxygen atoms in total. The van der Waals surface area contributed by atoms with Gasteiger partial charge < -0.3 is 14.4 Å². The first-order chi connectivity index (χ1) is 14.3. The second-order valence-electron chi connectivity index (χ2n) is 7.32. The summed E-state index contributed by atoms with van der Waals surface area (Å²) in [6.45, 7) is 2.66. The van der Waals surface area contributed by atoms with Crippen molar-refractivity contribution >= 4 is 17.8 Å². The predicted molar refractivity (Wildman–Crippen MR) is 109 cm³/mol. The number of hydrogen-bond donors (Lipinski definition) is 1. The van der Waals surface area contributed by atoms with E-state index >= 15 is 0 Å². The largest absolute Gasteiger partial charge is 0.493 e. The smallest absolute Gasteiger partial charge is 0.339 e. The zero-order valence-electron chi connectivity index (χ0n) is 17.6. The summed E-state index contributed by atoms with van der Waals surface area (Å²) in [4.78, 5) is 40.4. The molecule has 0 aliphatic carbocycles. The molecule has 4 amide bonds. The molecule has 158 valence electrons. The third kappa shape index (κ3) is 4.28. The van der Waals surface area contributed by atoms with Crippen LogP contribution in [0.1, 0.15) is 16.7 Å². The average molecular weight is 412 g/mol. The van der Waals surface area contributed by atoms with Crippen LogP contribution in [0, 0.1) is 6.92 Å². The van der Waals surface area contributed by atoms with Gasteiger partial charge in [0.15, 0.2) is 18.2 Å². The van der Waals surface area contributed by atoms with Crippen molar-refractivity contribution in [3.8, 4) is 11.5 Å². The fourth-order valence-electron chi connectivity index (χ4n) is 3.46. The van der Waals surface area contributed by atoms with E-state index in [4.69, 9.17) is 9.47 Å². The molecule has 1 aliphatic rings. The Labute approximate surface area is 175 Å². The summed E-state index contributed by atoms with van der Waals surface area (Å²) in [7, 11) is 5.01. The van der Waals surface area contributed by atoms with Crippen molar-refractivity contribution in [2.45, 2.75) is 20.0 Å². The number of nitrogens with one attached hydrogen (secondary N) is 1. The summed E-state index contributed by atoms with van der Waals surface area (Å²) in [5.74, 6) is -0.329. The van der Waals surface area contributed by atoms with Crippen molar-refractivity contribution in [2.75, 3.05) is 27.9 Å². The highest BCUT2D eigenvalue weighted by Crippen LogP contribution is 2.29. The standard InChI is InChI=1S/C22H25N3O5/c1-15-10-18(29-3)19(30-4)11-17(15)13-23(2)14-25-21(27)20(26)24(22(25)28)12-16-8-6-5-7-9-16/h5-11H,12-14H2,1-4H3/p+1. The minimum Gasteiger partial charge on any atom is -0.493 e. The van der Waals surface area contributed by atoms with E-state index in [1.165, 1.54) is 0 Å². The monoisotopic (exact) mass is 412 g/mol. The van der Waals surface area contributed by atoms with Crippen molar-refractivity contribution in [1.29, 1.82) is 0 Å². The van der Waals surface area contributed by atoms with Gasteiger partial charge in [-0.3, -0.25) is 14.5 Å². The van der Waals surface area contributed by atoms with Crippen molar-refractivity contribution in [3.63, 3.8) is 0 Å². The second-order valence-corrected chi connectivity index (χ2v) is 7.32. The fourth-order valence-corrected chi connectivity index (χ4v) is 3.46. The Bertz CT molecular complexity index is 961. The summed E-state index contributed by atoms with van der Waals surface area (Å²) in [6.07, 6.45) is 0. The van der Waals surface area contributed by atoms with Crippen molar-refractivity contribution in [3.05, 3.63) is 59.2 Å². The van der Waals surface area contributed by atoms with Gasteiger partial charge in [-0.15, -0.1) is 0 Å². The molecule has 1 unspecified atom stereocenters. The van der Waals surface area contributed by atoms with E-state index in [0.29, 0.717) is 18.0 Å². The third-order valence-corrected chi connectivity index (χ3v) is 5.08. The number of ether oxygens (including phenoxy) is 2. The normalized spacial score (nSPS) is 15.0. The zero-order valence-corrected chi connectivity index (χ0v) is 17.6. The first-order valence-electron chi connectivity index (χ1n) is 9.59. The maximum absolute atomic E-state index is 12.7. The number of urea groups is 1. The van der Waals surface area contributed by atoms with Gasteiger partial charge >= 0.3 is 17.8 Å². The molecule has 1 fully saturated rings. The molecule has 0 spiro atoms. The van der Waals surface area contributed by atoms with Crippen LogP contribution in [0.15, 0.2) is 42.5 Å².